The fraction of sp³-hybridized carbons (Fsp3) is 0.357. The molecule has 0 saturated carbocycles. The van der Waals surface area contributed by atoms with E-state index in [-0.39, 0.29) is 17.5 Å². The molecule has 0 fully saturated rings. The number of sulfonamides is 1. The Morgan fingerprint density at radius 1 is 1.33 bits per heavy atom. The molecule has 1 unspecified atom stereocenters. The predicted octanol–water partition coefficient (Wildman–Crippen LogP) is 1.22. The van der Waals surface area contributed by atoms with E-state index >= 15 is 0 Å². The van der Waals surface area contributed by atoms with Crippen LogP contribution in [0.2, 0.25) is 0 Å². The topological polar surface area (TPSA) is 104 Å². The van der Waals surface area contributed by atoms with Crippen LogP contribution in [0.15, 0.2) is 35.2 Å². The van der Waals surface area contributed by atoms with E-state index in [1.54, 1.807) is 6.92 Å². The summed E-state index contributed by atoms with van der Waals surface area (Å²) in [5.74, 6) is -1.06. The van der Waals surface area contributed by atoms with Crippen LogP contribution in [0.4, 0.5) is 0 Å². The van der Waals surface area contributed by atoms with Crippen LogP contribution in [0.3, 0.4) is 0 Å². The molecule has 7 heteroatoms. The molecular formula is C14H19NO5S. The predicted molar refractivity (Wildman–Crippen MR) is 79.2 cm³/mol. The van der Waals surface area contributed by atoms with Gasteiger partial charge in [-0.05, 0) is 43.5 Å². The highest BCUT2D eigenvalue weighted by Crippen LogP contribution is 2.13. The third-order valence-corrected chi connectivity index (χ3v) is 4.37. The number of carboxylic acid groups (broad SMARTS) is 1. The van der Waals surface area contributed by atoms with Gasteiger partial charge in [0.15, 0.2) is 0 Å². The fourth-order valence-corrected chi connectivity index (χ4v) is 2.99. The number of aliphatic hydroxyl groups is 1. The van der Waals surface area contributed by atoms with Crippen molar-refractivity contribution in [1.82, 2.24) is 4.72 Å². The summed E-state index contributed by atoms with van der Waals surface area (Å²) >= 11 is 0. The van der Waals surface area contributed by atoms with Gasteiger partial charge in [-0.25, -0.2) is 17.9 Å². The molecule has 0 aliphatic rings. The quantitative estimate of drug-likeness (QED) is 0.626. The first-order valence-electron chi connectivity index (χ1n) is 6.49. The molecule has 0 amide bonds. The molecule has 1 atom stereocenters. The molecule has 1 aromatic rings. The molecule has 1 rings (SSSR count). The Labute approximate surface area is 124 Å². The smallest absolute Gasteiger partial charge is 0.328 e. The van der Waals surface area contributed by atoms with Crippen LogP contribution < -0.4 is 4.72 Å². The number of aliphatic carboxylic acids is 1. The lowest BCUT2D eigenvalue weighted by molar-refractivity contribution is -0.131. The Kier molecular flexibility index (Phi) is 6.54. The molecule has 0 heterocycles. The zero-order valence-electron chi connectivity index (χ0n) is 11.7. The molecule has 0 bridgehead atoms. The minimum absolute atomic E-state index is 0.0245. The second kappa shape index (κ2) is 7.92. The molecule has 3 N–H and O–H groups in total. The minimum Gasteiger partial charge on any atom is -0.478 e. The first-order valence-corrected chi connectivity index (χ1v) is 7.98. The van der Waals surface area contributed by atoms with E-state index in [0.29, 0.717) is 18.4 Å². The van der Waals surface area contributed by atoms with E-state index < -0.39 is 16.0 Å². The summed E-state index contributed by atoms with van der Waals surface area (Å²) < 4.78 is 26.7. The summed E-state index contributed by atoms with van der Waals surface area (Å²) in [4.78, 5) is 10.5. The second-order valence-electron chi connectivity index (χ2n) is 4.63. The zero-order valence-corrected chi connectivity index (χ0v) is 12.5. The van der Waals surface area contributed by atoms with Crippen LogP contribution in [0, 0.1) is 0 Å². The van der Waals surface area contributed by atoms with Gasteiger partial charge in [-0.15, -0.1) is 0 Å². The Morgan fingerprint density at radius 2 is 1.95 bits per heavy atom. The van der Waals surface area contributed by atoms with E-state index in [9.17, 15) is 13.2 Å². The highest BCUT2D eigenvalue weighted by Gasteiger charge is 2.16. The van der Waals surface area contributed by atoms with E-state index in [4.69, 9.17) is 10.2 Å². The maximum absolute atomic E-state index is 12.1. The molecule has 1 aromatic carbocycles. The molecule has 0 spiro atoms. The molecule has 21 heavy (non-hydrogen) atoms. The van der Waals surface area contributed by atoms with Crippen molar-refractivity contribution >= 4 is 22.1 Å². The molecule has 0 saturated heterocycles. The van der Waals surface area contributed by atoms with E-state index in [1.807, 2.05) is 0 Å². The molecule has 0 aromatic heterocycles. The second-order valence-corrected chi connectivity index (χ2v) is 6.34. The number of nitrogens with one attached hydrogen (secondary N) is 1. The molecular weight excluding hydrogens is 294 g/mol. The highest BCUT2D eigenvalue weighted by molar-refractivity contribution is 7.89. The summed E-state index contributed by atoms with van der Waals surface area (Å²) in [5.41, 5.74) is 0.602. The number of carbonyl (C=O) groups is 1. The number of benzene rings is 1. The summed E-state index contributed by atoms with van der Waals surface area (Å²) in [5, 5.41) is 17.2. The van der Waals surface area contributed by atoms with E-state index in [2.05, 4.69) is 4.72 Å². The number of carboxylic acids is 1. The summed E-state index contributed by atoms with van der Waals surface area (Å²) in [6, 6.07) is 5.64. The van der Waals surface area contributed by atoms with Gasteiger partial charge in [-0.2, -0.15) is 0 Å². The fourth-order valence-electron chi connectivity index (χ4n) is 1.71. The van der Waals surface area contributed by atoms with Crippen LogP contribution in [0.25, 0.3) is 6.08 Å². The van der Waals surface area contributed by atoms with Crippen molar-refractivity contribution in [2.75, 3.05) is 6.61 Å². The standard InChI is InChI=1S/C14H19NO5S/c1-11(3-2-10-16)15-21(19,20)13-7-4-12(5-8-13)6-9-14(17)18/h4-9,11,15-16H,2-3,10H2,1H3,(H,17,18)/b9-6+. The lowest BCUT2D eigenvalue weighted by Crippen LogP contribution is -2.32. The average molecular weight is 313 g/mol. The third kappa shape index (κ3) is 6.07. The number of hydrogen-bond donors (Lipinski definition) is 3. The van der Waals surface area contributed by atoms with Gasteiger partial charge in [0.25, 0.3) is 0 Å². The Hall–Kier alpha value is -1.70. The summed E-state index contributed by atoms with van der Waals surface area (Å²) in [6.07, 6.45) is 3.45. The monoisotopic (exact) mass is 313 g/mol. The van der Waals surface area contributed by atoms with Crippen molar-refractivity contribution in [2.45, 2.75) is 30.7 Å². The largest absolute Gasteiger partial charge is 0.478 e. The molecule has 0 aliphatic carbocycles. The van der Waals surface area contributed by atoms with Gasteiger partial charge in [0.2, 0.25) is 10.0 Å². The van der Waals surface area contributed by atoms with Crippen LogP contribution in [0.5, 0.6) is 0 Å². The van der Waals surface area contributed by atoms with Crippen molar-refractivity contribution in [3.63, 3.8) is 0 Å². The first kappa shape index (κ1) is 17.4. The van der Waals surface area contributed by atoms with Crippen molar-refractivity contribution < 1.29 is 23.4 Å². The molecule has 0 aliphatic heterocycles. The normalized spacial score (nSPS) is 13.4. The SMILES string of the molecule is CC(CCCO)NS(=O)(=O)c1ccc(/C=C/C(=O)O)cc1. The molecule has 116 valence electrons. The molecule has 6 nitrogen and oxygen atoms in total. The Balaban J connectivity index is 2.78. The lowest BCUT2D eigenvalue weighted by Gasteiger charge is -2.13. The van der Waals surface area contributed by atoms with Crippen molar-refractivity contribution in [3.8, 4) is 0 Å². The first-order chi connectivity index (χ1) is 9.85. The van der Waals surface area contributed by atoms with E-state index in [1.165, 1.54) is 30.3 Å². The highest BCUT2D eigenvalue weighted by atomic mass is 32.2. The van der Waals surface area contributed by atoms with Gasteiger partial charge in [-0.1, -0.05) is 12.1 Å². The van der Waals surface area contributed by atoms with Crippen LogP contribution in [0.1, 0.15) is 25.3 Å². The van der Waals surface area contributed by atoms with Gasteiger partial charge in [0.05, 0.1) is 4.90 Å². The van der Waals surface area contributed by atoms with Gasteiger partial charge < -0.3 is 10.2 Å². The van der Waals surface area contributed by atoms with Crippen molar-refractivity contribution in [3.05, 3.63) is 35.9 Å². The number of hydrogen-bond acceptors (Lipinski definition) is 4. The summed E-state index contributed by atoms with van der Waals surface area (Å²) in [6.45, 7) is 1.76. The van der Waals surface area contributed by atoms with Crippen LogP contribution in [-0.4, -0.2) is 37.2 Å². The minimum atomic E-state index is -3.61. The van der Waals surface area contributed by atoms with Crippen molar-refractivity contribution in [2.24, 2.45) is 0 Å². The third-order valence-electron chi connectivity index (χ3n) is 2.76. The average Bonchev–Trinajstić information content (AvgIpc) is 2.43. The van der Waals surface area contributed by atoms with Gasteiger partial charge in [0.1, 0.15) is 0 Å². The molecule has 0 radical (unpaired) electrons. The van der Waals surface area contributed by atoms with E-state index in [0.717, 1.165) is 6.08 Å². The zero-order chi connectivity index (χ0) is 15.9. The summed E-state index contributed by atoms with van der Waals surface area (Å²) in [7, 11) is -3.61. The number of rotatable bonds is 8. The van der Waals surface area contributed by atoms with Crippen molar-refractivity contribution in [1.29, 1.82) is 0 Å². The van der Waals surface area contributed by atoms with Crippen LogP contribution >= 0.6 is 0 Å². The van der Waals surface area contributed by atoms with Crippen LogP contribution in [-0.2, 0) is 14.8 Å². The van der Waals surface area contributed by atoms with Gasteiger partial charge in [-0.3, -0.25) is 0 Å². The maximum Gasteiger partial charge on any atom is 0.328 e. The Morgan fingerprint density at radius 3 is 2.48 bits per heavy atom. The maximum atomic E-state index is 12.1. The van der Waals surface area contributed by atoms with Gasteiger partial charge >= 0.3 is 5.97 Å². The Bertz CT molecular complexity index is 592. The number of aliphatic hydroxyl groups excluding tert-OH is 1. The lowest BCUT2D eigenvalue weighted by atomic mass is 10.2. The van der Waals surface area contributed by atoms with Gasteiger partial charge in [0, 0.05) is 18.7 Å².